The lowest BCUT2D eigenvalue weighted by Crippen LogP contribution is -2.57. The molecule has 1 N–H and O–H groups in total. The number of nitrogens with one attached hydrogen (secondary N) is 1. The number of aliphatic imine (C=N–C) groups is 1. The van der Waals surface area contributed by atoms with E-state index >= 15 is 0 Å². The molecule has 0 aliphatic carbocycles. The summed E-state index contributed by atoms with van der Waals surface area (Å²) in [7, 11) is -1.34. The quantitative estimate of drug-likeness (QED) is 0.394. The number of imidazole rings is 1. The minimum absolute atomic E-state index is 0. The van der Waals surface area contributed by atoms with Gasteiger partial charge in [-0.2, -0.15) is 0 Å². The van der Waals surface area contributed by atoms with Crippen LogP contribution in [0.5, 0.6) is 0 Å². The zero-order valence-electron chi connectivity index (χ0n) is 15.8. The maximum Gasteiger partial charge on any atom is 0.193 e. The summed E-state index contributed by atoms with van der Waals surface area (Å²) in [6.07, 6.45) is 5.42. The SMILES string of the molecule is CN=C(NCc1cccc(-n2ccnc2)c1)N1CCS(=O)(=O)C(C)(C)C1.I. The van der Waals surface area contributed by atoms with E-state index in [0.29, 0.717) is 19.6 Å². The largest absolute Gasteiger partial charge is 0.352 e. The van der Waals surface area contributed by atoms with Crippen molar-refractivity contribution in [2.45, 2.75) is 25.1 Å². The molecule has 1 fully saturated rings. The fourth-order valence-electron chi connectivity index (χ4n) is 3.08. The van der Waals surface area contributed by atoms with Gasteiger partial charge in [-0.3, -0.25) is 4.99 Å². The summed E-state index contributed by atoms with van der Waals surface area (Å²) in [6.45, 7) is 5.05. The Morgan fingerprint density at radius 1 is 1.37 bits per heavy atom. The van der Waals surface area contributed by atoms with Gasteiger partial charge >= 0.3 is 0 Å². The van der Waals surface area contributed by atoms with Crippen molar-refractivity contribution < 1.29 is 8.42 Å². The van der Waals surface area contributed by atoms with Crippen LogP contribution in [0.25, 0.3) is 5.69 Å². The van der Waals surface area contributed by atoms with Crippen molar-refractivity contribution in [2.75, 3.05) is 25.9 Å². The molecule has 9 heteroatoms. The van der Waals surface area contributed by atoms with Crippen LogP contribution in [0, 0.1) is 0 Å². The minimum atomic E-state index is -3.07. The second kappa shape index (κ2) is 8.59. The first-order chi connectivity index (χ1) is 12.3. The Morgan fingerprint density at radius 2 is 2.15 bits per heavy atom. The van der Waals surface area contributed by atoms with E-state index in [2.05, 4.69) is 21.4 Å². The predicted octanol–water partition coefficient (Wildman–Crippen LogP) is 2.07. The maximum absolute atomic E-state index is 12.2. The number of rotatable bonds is 3. The van der Waals surface area contributed by atoms with Gasteiger partial charge in [-0.05, 0) is 31.5 Å². The molecule has 1 saturated heterocycles. The highest BCUT2D eigenvalue weighted by molar-refractivity contribution is 14.0. The standard InChI is InChI=1S/C18H25N5O2S.HI/c1-18(2)13-22(9-10-26(18,24)25)17(19-3)21-12-15-5-4-6-16(11-15)23-8-7-20-14-23;/h4-8,11,14H,9-10,12-13H2,1-3H3,(H,19,21);1H. The number of halogens is 1. The molecule has 0 radical (unpaired) electrons. The first kappa shape index (κ1) is 21.7. The van der Waals surface area contributed by atoms with Crippen molar-refractivity contribution >= 4 is 39.8 Å². The van der Waals surface area contributed by atoms with Gasteiger partial charge in [0, 0.05) is 44.8 Å². The van der Waals surface area contributed by atoms with Crippen LogP contribution < -0.4 is 5.32 Å². The number of aromatic nitrogens is 2. The van der Waals surface area contributed by atoms with Crippen LogP contribution in [0.4, 0.5) is 0 Å². The lowest BCUT2D eigenvalue weighted by Gasteiger charge is -2.39. The first-order valence-corrected chi connectivity index (χ1v) is 10.2. The molecule has 2 aromatic rings. The summed E-state index contributed by atoms with van der Waals surface area (Å²) >= 11 is 0. The molecule has 0 atom stereocenters. The number of benzene rings is 1. The number of nitrogens with zero attached hydrogens (tertiary/aromatic N) is 4. The molecular formula is C18H26IN5O2S. The van der Waals surface area contributed by atoms with Crippen molar-refractivity contribution in [3.05, 3.63) is 48.5 Å². The maximum atomic E-state index is 12.2. The molecule has 0 spiro atoms. The highest BCUT2D eigenvalue weighted by Crippen LogP contribution is 2.23. The summed E-state index contributed by atoms with van der Waals surface area (Å²) < 4.78 is 25.6. The third kappa shape index (κ3) is 4.81. The van der Waals surface area contributed by atoms with Crippen molar-refractivity contribution in [1.29, 1.82) is 0 Å². The molecule has 0 amide bonds. The first-order valence-electron chi connectivity index (χ1n) is 8.57. The molecule has 7 nitrogen and oxygen atoms in total. The topological polar surface area (TPSA) is 79.6 Å². The van der Waals surface area contributed by atoms with Gasteiger partial charge < -0.3 is 14.8 Å². The van der Waals surface area contributed by atoms with Gasteiger partial charge in [-0.1, -0.05) is 12.1 Å². The van der Waals surface area contributed by atoms with Crippen LogP contribution in [-0.2, 0) is 16.4 Å². The van der Waals surface area contributed by atoms with E-state index in [9.17, 15) is 8.42 Å². The Kier molecular flexibility index (Phi) is 6.90. The third-order valence-electron chi connectivity index (χ3n) is 4.72. The minimum Gasteiger partial charge on any atom is -0.352 e. The molecule has 1 aromatic carbocycles. The van der Waals surface area contributed by atoms with Gasteiger partial charge in [0.05, 0.1) is 16.8 Å². The van der Waals surface area contributed by atoms with Crippen LogP contribution in [0.15, 0.2) is 48.0 Å². The number of hydrogen-bond donors (Lipinski definition) is 1. The van der Waals surface area contributed by atoms with E-state index in [0.717, 1.165) is 17.2 Å². The van der Waals surface area contributed by atoms with Crippen LogP contribution in [0.2, 0.25) is 0 Å². The summed E-state index contributed by atoms with van der Waals surface area (Å²) in [5.41, 5.74) is 2.16. The molecule has 3 rings (SSSR count). The molecular weight excluding hydrogens is 477 g/mol. The molecule has 27 heavy (non-hydrogen) atoms. The summed E-state index contributed by atoms with van der Waals surface area (Å²) in [5, 5.41) is 3.35. The molecule has 2 heterocycles. The second-order valence-electron chi connectivity index (χ2n) is 7.04. The molecule has 1 aliphatic heterocycles. The Labute approximate surface area is 177 Å². The lowest BCUT2D eigenvalue weighted by molar-refractivity contribution is 0.353. The average molecular weight is 503 g/mol. The molecule has 148 valence electrons. The normalized spacial score (nSPS) is 18.6. The van der Waals surface area contributed by atoms with Crippen molar-refractivity contribution in [2.24, 2.45) is 4.99 Å². The van der Waals surface area contributed by atoms with E-state index in [4.69, 9.17) is 0 Å². The van der Waals surface area contributed by atoms with Crippen LogP contribution in [0.3, 0.4) is 0 Å². The molecule has 0 unspecified atom stereocenters. The highest BCUT2D eigenvalue weighted by Gasteiger charge is 2.40. The number of sulfone groups is 1. The second-order valence-corrected chi connectivity index (χ2v) is 9.78. The Hall–Kier alpha value is -1.62. The van der Waals surface area contributed by atoms with Gasteiger partial charge in [0.25, 0.3) is 0 Å². The summed E-state index contributed by atoms with van der Waals surface area (Å²) in [6, 6.07) is 8.17. The predicted molar refractivity (Wildman–Crippen MR) is 119 cm³/mol. The number of guanidine groups is 1. The highest BCUT2D eigenvalue weighted by atomic mass is 127. The van der Waals surface area contributed by atoms with E-state index in [1.165, 1.54) is 0 Å². The van der Waals surface area contributed by atoms with Gasteiger partial charge in [0.2, 0.25) is 0 Å². The zero-order valence-corrected chi connectivity index (χ0v) is 18.9. The number of hydrogen-bond acceptors (Lipinski definition) is 4. The Morgan fingerprint density at radius 3 is 2.78 bits per heavy atom. The fraction of sp³-hybridized carbons (Fsp3) is 0.444. The van der Waals surface area contributed by atoms with E-state index in [-0.39, 0.29) is 29.7 Å². The molecule has 1 aliphatic rings. The van der Waals surface area contributed by atoms with Crippen molar-refractivity contribution in [3.63, 3.8) is 0 Å². The van der Waals surface area contributed by atoms with Gasteiger partial charge in [-0.15, -0.1) is 24.0 Å². The Bertz CT molecular complexity index is 894. The van der Waals surface area contributed by atoms with E-state index < -0.39 is 14.6 Å². The van der Waals surface area contributed by atoms with Gasteiger partial charge in [0.1, 0.15) is 0 Å². The summed E-state index contributed by atoms with van der Waals surface area (Å²) in [5.74, 6) is 0.873. The lowest BCUT2D eigenvalue weighted by atomic mass is 10.2. The fourth-order valence-corrected chi connectivity index (χ4v) is 4.44. The summed E-state index contributed by atoms with van der Waals surface area (Å²) in [4.78, 5) is 10.4. The van der Waals surface area contributed by atoms with Gasteiger partial charge in [-0.25, -0.2) is 13.4 Å². The van der Waals surface area contributed by atoms with Crippen LogP contribution in [-0.4, -0.2) is 59.5 Å². The van der Waals surface area contributed by atoms with Crippen LogP contribution in [0.1, 0.15) is 19.4 Å². The molecule has 1 aromatic heterocycles. The average Bonchev–Trinajstić information content (AvgIpc) is 3.13. The smallest absolute Gasteiger partial charge is 0.193 e. The molecule has 0 saturated carbocycles. The van der Waals surface area contributed by atoms with Crippen molar-refractivity contribution in [3.8, 4) is 5.69 Å². The zero-order chi connectivity index (χ0) is 18.8. The van der Waals surface area contributed by atoms with Gasteiger partial charge in [0.15, 0.2) is 15.8 Å². The van der Waals surface area contributed by atoms with E-state index in [1.807, 2.05) is 33.9 Å². The van der Waals surface area contributed by atoms with E-state index in [1.54, 1.807) is 33.4 Å². The van der Waals surface area contributed by atoms with Crippen molar-refractivity contribution in [1.82, 2.24) is 19.8 Å². The third-order valence-corrected chi connectivity index (χ3v) is 7.25. The monoisotopic (exact) mass is 503 g/mol. The molecule has 0 bridgehead atoms. The Balaban J connectivity index is 0.00000261. The van der Waals surface area contributed by atoms with Crippen LogP contribution >= 0.6 is 24.0 Å².